The summed E-state index contributed by atoms with van der Waals surface area (Å²) in [5, 5.41) is 0. The van der Waals surface area contributed by atoms with Crippen molar-refractivity contribution in [3.05, 3.63) is 72.5 Å². The van der Waals surface area contributed by atoms with Crippen molar-refractivity contribution in [3.8, 4) is 0 Å². The van der Waals surface area contributed by atoms with Crippen LogP contribution in [-0.2, 0) is 4.25 Å². The molecule has 3 nitrogen and oxygen atoms in total. The maximum absolute atomic E-state index is 5.57. The van der Waals surface area contributed by atoms with Crippen LogP contribution in [0.4, 0.5) is 0 Å². The Labute approximate surface area is 107 Å². The molecule has 0 fully saturated rings. The second kappa shape index (κ2) is 4.00. The summed E-state index contributed by atoms with van der Waals surface area (Å²) in [5.41, 5.74) is 0. The summed E-state index contributed by atoms with van der Waals surface area (Å²) in [6.07, 6.45) is 5.05. The van der Waals surface area contributed by atoms with Crippen molar-refractivity contribution in [2.45, 2.75) is 4.25 Å². The van der Waals surface area contributed by atoms with E-state index in [1.807, 2.05) is 36.4 Å². The van der Waals surface area contributed by atoms with Gasteiger partial charge >= 0.3 is 106 Å². The molecule has 3 rings (SSSR count). The van der Waals surface area contributed by atoms with Gasteiger partial charge in [0.05, 0.1) is 0 Å². The number of hydrogen-bond acceptors (Lipinski definition) is 3. The number of rotatable bonds is 3. The van der Waals surface area contributed by atoms with Gasteiger partial charge in [-0.2, -0.15) is 0 Å². The minimum atomic E-state index is -0.344. The normalized spacial score (nSPS) is 12.0. The molecule has 0 aliphatic rings. The fraction of sp³-hybridized carbons (Fsp3) is 0.0769. The number of furan rings is 3. The maximum atomic E-state index is 5.57. The van der Waals surface area contributed by atoms with E-state index >= 15 is 0 Å². The Morgan fingerprint density at radius 3 is 1.29 bits per heavy atom. The first kappa shape index (κ1) is 10.5. The van der Waals surface area contributed by atoms with Gasteiger partial charge in [-0.05, 0) is 0 Å². The van der Waals surface area contributed by atoms with Gasteiger partial charge in [-0.15, -0.1) is 0 Å². The van der Waals surface area contributed by atoms with Crippen LogP contribution in [0.1, 0.15) is 17.3 Å². The van der Waals surface area contributed by atoms with E-state index in [0.29, 0.717) is 16.5 Å². The zero-order valence-electron chi connectivity index (χ0n) is 9.42. The van der Waals surface area contributed by atoms with E-state index in [-0.39, 0.29) is 4.25 Å². The van der Waals surface area contributed by atoms with Gasteiger partial charge in [0.15, 0.2) is 0 Å². The Bertz CT molecular complexity index is 480. The Hall–Kier alpha value is -1.62. The molecule has 17 heavy (non-hydrogen) atoms. The third kappa shape index (κ3) is 1.58. The van der Waals surface area contributed by atoms with Crippen molar-refractivity contribution in [1.29, 1.82) is 0 Å². The quantitative estimate of drug-likeness (QED) is 0.693. The van der Waals surface area contributed by atoms with Gasteiger partial charge in [0.1, 0.15) is 0 Å². The van der Waals surface area contributed by atoms with Crippen LogP contribution in [-0.4, -0.2) is 16.5 Å². The summed E-state index contributed by atoms with van der Waals surface area (Å²) >= 11 is 0.369. The molecule has 0 radical (unpaired) electrons. The Morgan fingerprint density at radius 2 is 1.06 bits per heavy atom. The predicted octanol–water partition coefficient (Wildman–Crippen LogP) is 2.12. The molecule has 0 aliphatic heterocycles. The van der Waals surface area contributed by atoms with Crippen molar-refractivity contribution >= 4 is 16.5 Å². The topological polar surface area (TPSA) is 39.4 Å². The van der Waals surface area contributed by atoms with Crippen LogP contribution in [0, 0.1) is 0 Å². The summed E-state index contributed by atoms with van der Waals surface area (Å²) in [6.45, 7) is 0. The summed E-state index contributed by atoms with van der Waals surface area (Å²) in [4.78, 5) is 0. The first-order valence-electron chi connectivity index (χ1n) is 5.44. The predicted molar refractivity (Wildman–Crippen MR) is 65.9 cm³/mol. The average Bonchev–Trinajstić information content (AvgIpc) is 3.10. The molecule has 0 saturated carbocycles. The van der Waals surface area contributed by atoms with Crippen molar-refractivity contribution in [1.82, 2.24) is 0 Å². The third-order valence-electron chi connectivity index (χ3n) is 3.04. The van der Waals surface area contributed by atoms with E-state index in [0.717, 1.165) is 17.3 Å². The molecule has 86 valence electrons. The molecule has 3 aromatic heterocycles. The minimum absolute atomic E-state index is 0.344. The molecule has 0 bridgehead atoms. The van der Waals surface area contributed by atoms with Crippen LogP contribution < -0.4 is 0 Å². The van der Waals surface area contributed by atoms with Gasteiger partial charge in [0.25, 0.3) is 0 Å². The van der Waals surface area contributed by atoms with E-state index in [9.17, 15) is 0 Å². The van der Waals surface area contributed by atoms with E-state index in [4.69, 9.17) is 13.3 Å². The molecule has 0 saturated heterocycles. The second-order valence-electron chi connectivity index (χ2n) is 4.06. The van der Waals surface area contributed by atoms with Crippen LogP contribution in [0.15, 0.2) is 68.4 Å². The molecule has 3 aromatic rings. The number of hydrogen-bond donors (Lipinski definition) is 0. The fourth-order valence-corrected chi connectivity index (χ4v) is 3.84. The van der Waals surface area contributed by atoms with E-state index in [1.165, 1.54) is 0 Å². The molecule has 3 heterocycles. The average molecular weight is 289 g/mol. The summed E-state index contributed by atoms with van der Waals surface area (Å²) in [7, 11) is 0. The van der Waals surface area contributed by atoms with Crippen LogP contribution in [0.3, 0.4) is 0 Å². The Kier molecular flexibility index (Phi) is 2.48. The Balaban J connectivity index is 2.21. The van der Waals surface area contributed by atoms with Gasteiger partial charge in [0, 0.05) is 0 Å². The second-order valence-corrected chi connectivity index (χ2v) is 7.20. The first-order chi connectivity index (χ1) is 8.32. The first-order valence-corrected chi connectivity index (χ1v) is 7.53. The standard InChI is InChI=1S/C13H12GeO3/c14-13(10-4-1-7-15-10,11-5-2-8-16-11)12-6-3-9-17-12/h1-9H,14H3. The van der Waals surface area contributed by atoms with Crippen LogP contribution >= 0.6 is 0 Å². The monoisotopic (exact) mass is 290 g/mol. The van der Waals surface area contributed by atoms with Gasteiger partial charge in [-0.3, -0.25) is 0 Å². The van der Waals surface area contributed by atoms with Crippen LogP contribution in [0.25, 0.3) is 0 Å². The van der Waals surface area contributed by atoms with Gasteiger partial charge in [-0.25, -0.2) is 0 Å². The van der Waals surface area contributed by atoms with Gasteiger partial charge in [0.2, 0.25) is 0 Å². The van der Waals surface area contributed by atoms with Gasteiger partial charge in [-0.1, -0.05) is 0 Å². The molecule has 0 amide bonds. The van der Waals surface area contributed by atoms with Crippen molar-refractivity contribution < 1.29 is 13.3 Å². The fourth-order valence-electron chi connectivity index (χ4n) is 2.05. The molecule has 0 unspecified atom stereocenters. The molecule has 0 aromatic carbocycles. The summed E-state index contributed by atoms with van der Waals surface area (Å²) in [6, 6.07) is 11.6. The van der Waals surface area contributed by atoms with Crippen molar-refractivity contribution in [2.24, 2.45) is 0 Å². The SMILES string of the molecule is [GeH3][C](c1ccco1)(c1ccco1)c1ccco1. The van der Waals surface area contributed by atoms with Crippen molar-refractivity contribution in [3.63, 3.8) is 0 Å². The van der Waals surface area contributed by atoms with E-state index < -0.39 is 0 Å². The third-order valence-corrected chi connectivity index (χ3v) is 6.14. The molecule has 0 aliphatic carbocycles. The van der Waals surface area contributed by atoms with E-state index in [2.05, 4.69) is 0 Å². The molecule has 0 spiro atoms. The van der Waals surface area contributed by atoms with Gasteiger partial charge < -0.3 is 0 Å². The summed E-state index contributed by atoms with van der Waals surface area (Å²) < 4.78 is 16.4. The van der Waals surface area contributed by atoms with E-state index in [1.54, 1.807) is 18.8 Å². The molecule has 0 N–H and O–H groups in total. The molecule has 4 heteroatoms. The summed E-state index contributed by atoms with van der Waals surface area (Å²) in [5.74, 6) is 2.63. The molecule has 0 atom stereocenters. The Morgan fingerprint density at radius 1 is 0.706 bits per heavy atom. The molecular formula is C13H12GeO3. The van der Waals surface area contributed by atoms with Crippen LogP contribution in [0.5, 0.6) is 0 Å². The molecular weight excluding hydrogens is 277 g/mol. The zero-order valence-corrected chi connectivity index (χ0v) is 13.6. The zero-order chi connectivity index (χ0) is 11.7. The van der Waals surface area contributed by atoms with Crippen molar-refractivity contribution in [2.75, 3.05) is 0 Å². The van der Waals surface area contributed by atoms with Crippen LogP contribution in [0.2, 0.25) is 0 Å².